The van der Waals surface area contributed by atoms with Crippen molar-refractivity contribution in [1.82, 2.24) is 15.1 Å². The summed E-state index contributed by atoms with van der Waals surface area (Å²) in [5.74, 6) is 0.805. The van der Waals surface area contributed by atoms with E-state index in [1.54, 1.807) is 0 Å². The van der Waals surface area contributed by atoms with Crippen molar-refractivity contribution in [1.29, 1.82) is 0 Å². The van der Waals surface area contributed by atoms with Gasteiger partial charge in [-0.05, 0) is 32.4 Å². The first kappa shape index (κ1) is 14.4. The third kappa shape index (κ3) is 2.85. The quantitative estimate of drug-likeness (QED) is 0.700. The molecule has 0 aromatic carbocycles. The van der Waals surface area contributed by atoms with Crippen molar-refractivity contribution >= 4 is 0 Å². The summed E-state index contributed by atoms with van der Waals surface area (Å²) in [6.07, 6.45) is 1.99. The number of nitrogens with zero attached hydrogens (tertiary/aromatic N) is 2. The van der Waals surface area contributed by atoms with E-state index < -0.39 is 6.10 Å². The first-order chi connectivity index (χ1) is 10.2. The van der Waals surface area contributed by atoms with E-state index in [-0.39, 0.29) is 24.5 Å². The largest absolute Gasteiger partial charge is 0.390 e. The van der Waals surface area contributed by atoms with Gasteiger partial charge in [-0.15, -0.1) is 0 Å². The van der Waals surface area contributed by atoms with Crippen molar-refractivity contribution in [2.45, 2.75) is 43.4 Å². The van der Waals surface area contributed by atoms with Crippen LogP contribution >= 0.6 is 0 Å². The average molecular weight is 297 g/mol. The van der Waals surface area contributed by atoms with Gasteiger partial charge in [0.2, 0.25) is 0 Å². The van der Waals surface area contributed by atoms with Gasteiger partial charge in [0, 0.05) is 26.2 Å². The Hall–Kier alpha value is -0.240. The van der Waals surface area contributed by atoms with E-state index in [1.165, 1.54) is 12.8 Å². The molecular weight excluding hydrogens is 270 g/mol. The molecule has 6 heteroatoms. The number of hydrogen-bond acceptors (Lipinski definition) is 6. The van der Waals surface area contributed by atoms with Gasteiger partial charge < -0.3 is 24.8 Å². The molecule has 2 bridgehead atoms. The van der Waals surface area contributed by atoms with Crippen LogP contribution in [0.3, 0.4) is 0 Å². The normalized spacial score (nSPS) is 45.1. The third-order valence-electron chi connectivity index (χ3n) is 5.43. The van der Waals surface area contributed by atoms with Gasteiger partial charge in [0.05, 0.1) is 24.8 Å². The van der Waals surface area contributed by atoms with E-state index in [0.717, 1.165) is 38.6 Å². The molecule has 0 unspecified atom stereocenters. The predicted molar refractivity (Wildman–Crippen MR) is 78.0 cm³/mol. The highest BCUT2D eigenvalue weighted by Crippen LogP contribution is 2.33. The minimum absolute atomic E-state index is 0.00691. The number of nitrogens with one attached hydrogen (secondary N) is 1. The van der Waals surface area contributed by atoms with Gasteiger partial charge in [-0.2, -0.15) is 0 Å². The standard InChI is InChI=1S/C15H27N3O3/c1-17-4-6-18(7-5-17)13-14(19)12(16-8-10-2-3-10)11-9-20-15(13)21-11/h10-16,19H,2-9H2,1H3/t11-,12-,13-,14+,15-/m1/s1. The van der Waals surface area contributed by atoms with Gasteiger partial charge in [0.15, 0.2) is 6.29 Å². The van der Waals surface area contributed by atoms with E-state index in [1.807, 2.05) is 0 Å². The van der Waals surface area contributed by atoms with Gasteiger partial charge in [-0.25, -0.2) is 0 Å². The van der Waals surface area contributed by atoms with Crippen LogP contribution in [0.15, 0.2) is 0 Å². The van der Waals surface area contributed by atoms with Gasteiger partial charge >= 0.3 is 0 Å². The van der Waals surface area contributed by atoms with Crippen molar-refractivity contribution in [2.75, 3.05) is 46.4 Å². The second-order valence-corrected chi connectivity index (χ2v) is 7.07. The second-order valence-electron chi connectivity index (χ2n) is 7.07. The van der Waals surface area contributed by atoms with Crippen molar-refractivity contribution in [3.8, 4) is 0 Å². The molecule has 2 N–H and O–H groups in total. The van der Waals surface area contributed by atoms with Gasteiger partial charge in [0.1, 0.15) is 6.10 Å². The third-order valence-corrected chi connectivity index (χ3v) is 5.43. The molecule has 0 spiro atoms. The highest BCUT2D eigenvalue weighted by molar-refractivity contribution is 5.02. The number of piperazine rings is 1. The molecule has 4 aliphatic rings. The summed E-state index contributed by atoms with van der Waals surface area (Å²) in [7, 11) is 2.15. The fourth-order valence-electron chi connectivity index (χ4n) is 3.79. The zero-order valence-electron chi connectivity index (χ0n) is 12.8. The van der Waals surface area contributed by atoms with Gasteiger partial charge in [-0.3, -0.25) is 4.90 Å². The molecule has 0 aromatic rings. The minimum atomic E-state index is -0.404. The lowest BCUT2D eigenvalue weighted by molar-refractivity contribution is -0.186. The Morgan fingerprint density at radius 3 is 2.67 bits per heavy atom. The smallest absolute Gasteiger partial charge is 0.176 e. The van der Waals surface area contributed by atoms with Crippen molar-refractivity contribution in [3.05, 3.63) is 0 Å². The first-order valence-electron chi connectivity index (χ1n) is 8.33. The van der Waals surface area contributed by atoms with Crippen LogP contribution in [0.25, 0.3) is 0 Å². The Bertz CT molecular complexity index is 371. The molecule has 21 heavy (non-hydrogen) atoms. The van der Waals surface area contributed by atoms with E-state index in [2.05, 4.69) is 22.2 Å². The SMILES string of the molecule is CN1CCN([C@H]2[C@@H]3OC[C@@H](O3)[C@@H](NCC3CC3)[C@@H]2O)CC1. The number of aliphatic hydroxyl groups is 1. The minimum Gasteiger partial charge on any atom is -0.390 e. The molecule has 3 heterocycles. The monoisotopic (exact) mass is 297 g/mol. The molecule has 5 atom stereocenters. The molecule has 120 valence electrons. The Kier molecular flexibility index (Phi) is 3.94. The maximum atomic E-state index is 10.9. The fourth-order valence-corrected chi connectivity index (χ4v) is 3.79. The number of likely N-dealkylation sites (N-methyl/N-ethyl adjacent to an activating group) is 1. The predicted octanol–water partition coefficient (Wildman–Crippen LogP) is -0.913. The number of rotatable bonds is 4. The van der Waals surface area contributed by atoms with Crippen molar-refractivity contribution in [2.24, 2.45) is 5.92 Å². The van der Waals surface area contributed by atoms with E-state index in [9.17, 15) is 5.11 Å². The topological polar surface area (TPSA) is 57.2 Å². The molecule has 0 radical (unpaired) electrons. The molecule has 6 nitrogen and oxygen atoms in total. The van der Waals surface area contributed by atoms with Crippen LogP contribution in [0.5, 0.6) is 0 Å². The molecule has 1 saturated carbocycles. The Labute approximate surface area is 126 Å². The summed E-state index contributed by atoms with van der Waals surface area (Å²) < 4.78 is 11.8. The van der Waals surface area contributed by atoms with Crippen LogP contribution in [-0.4, -0.2) is 91.9 Å². The summed E-state index contributed by atoms with van der Waals surface area (Å²) in [6, 6.07) is -0.0249. The molecule has 4 fully saturated rings. The highest BCUT2D eigenvalue weighted by Gasteiger charge is 2.52. The average Bonchev–Trinajstić information content (AvgIpc) is 3.21. The Morgan fingerprint density at radius 2 is 1.95 bits per heavy atom. The Morgan fingerprint density at radius 1 is 1.19 bits per heavy atom. The molecular formula is C15H27N3O3. The van der Waals surface area contributed by atoms with Crippen LogP contribution in [0.4, 0.5) is 0 Å². The second kappa shape index (κ2) is 5.76. The van der Waals surface area contributed by atoms with Crippen LogP contribution in [0, 0.1) is 5.92 Å². The maximum absolute atomic E-state index is 10.9. The summed E-state index contributed by atoms with van der Waals surface area (Å²) in [5.41, 5.74) is 0. The lowest BCUT2D eigenvalue weighted by Gasteiger charge is -2.46. The number of aliphatic hydroxyl groups excluding tert-OH is 1. The van der Waals surface area contributed by atoms with Crippen LogP contribution in [0.2, 0.25) is 0 Å². The van der Waals surface area contributed by atoms with Crippen LogP contribution < -0.4 is 5.32 Å². The molecule has 0 amide bonds. The molecule has 0 aromatic heterocycles. The fraction of sp³-hybridized carbons (Fsp3) is 1.00. The molecule has 1 aliphatic carbocycles. The summed E-state index contributed by atoms with van der Waals surface area (Å²) in [6.45, 7) is 5.64. The van der Waals surface area contributed by atoms with Crippen LogP contribution in [-0.2, 0) is 9.47 Å². The number of ether oxygens (including phenoxy) is 2. The first-order valence-corrected chi connectivity index (χ1v) is 8.33. The van der Waals surface area contributed by atoms with E-state index in [0.29, 0.717) is 6.61 Å². The van der Waals surface area contributed by atoms with Gasteiger partial charge in [0.25, 0.3) is 0 Å². The Balaban J connectivity index is 1.44. The summed E-state index contributed by atoms with van der Waals surface area (Å²) in [4.78, 5) is 4.68. The zero-order valence-corrected chi connectivity index (χ0v) is 12.8. The maximum Gasteiger partial charge on any atom is 0.176 e. The molecule has 3 saturated heterocycles. The van der Waals surface area contributed by atoms with Gasteiger partial charge in [-0.1, -0.05) is 0 Å². The number of hydrogen-bond donors (Lipinski definition) is 2. The zero-order chi connectivity index (χ0) is 14.4. The number of fused-ring (bicyclic) bond motifs is 2. The lowest BCUT2D eigenvalue weighted by Crippen LogP contribution is -2.66. The van der Waals surface area contributed by atoms with E-state index in [4.69, 9.17) is 9.47 Å². The van der Waals surface area contributed by atoms with Crippen molar-refractivity contribution < 1.29 is 14.6 Å². The summed E-state index contributed by atoms with van der Waals surface area (Å²) in [5, 5.41) is 14.4. The summed E-state index contributed by atoms with van der Waals surface area (Å²) >= 11 is 0. The lowest BCUT2D eigenvalue weighted by atomic mass is 9.94. The highest BCUT2D eigenvalue weighted by atomic mass is 16.7. The van der Waals surface area contributed by atoms with Crippen molar-refractivity contribution in [3.63, 3.8) is 0 Å². The van der Waals surface area contributed by atoms with Crippen LogP contribution in [0.1, 0.15) is 12.8 Å². The van der Waals surface area contributed by atoms with E-state index >= 15 is 0 Å². The molecule has 4 rings (SSSR count). The molecule has 3 aliphatic heterocycles.